The topological polar surface area (TPSA) is 216 Å². The van der Waals surface area contributed by atoms with Gasteiger partial charge in [-0.2, -0.15) is 4.57 Å². The summed E-state index contributed by atoms with van der Waals surface area (Å²) in [6, 6.07) is 38.3. The molecule has 0 fully saturated rings. The second kappa shape index (κ2) is 23.0. The van der Waals surface area contributed by atoms with Gasteiger partial charge in [0.1, 0.15) is 36.2 Å². The molecule has 0 amide bonds. The van der Waals surface area contributed by atoms with Gasteiger partial charge >= 0.3 is 11.6 Å². The fraction of sp³-hybridized carbons (Fsp3) is 0.152. The lowest BCUT2D eigenvalue weighted by Gasteiger charge is -2.05. The third kappa shape index (κ3) is 9.91. The monoisotopic (exact) mass is 1310 g/mol. The smallest absolute Gasteiger partial charge is 0.334 e. The molecule has 16 aromatic heterocycles. The van der Waals surface area contributed by atoms with E-state index in [-0.39, 0.29) is 0 Å². The van der Waals surface area contributed by atoms with Gasteiger partial charge in [-0.3, -0.25) is 4.98 Å². The maximum atomic E-state index is 6.28. The number of aryl methyl sites for hydroxylation is 12. The molecule has 0 aliphatic carbocycles. The van der Waals surface area contributed by atoms with Crippen molar-refractivity contribution >= 4 is 133 Å². The number of hydrogen-bond acceptors (Lipinski definition) is 15. The Morgan fingerprint density at radius 3 is 1.27 bits per heavy atom. The van der Waals surface area contributed by atoms with Crippen molar-refractivity contribution in [2.45, 2.75) is 55.4 Å². The lowest BCUT2D eigenvalue weighted by atomic mass is 10.0. The van der Waals surface area contributed by atoms with Gasteiger partial charge in [-0.1, -0.05) is 12.1 Å². The summed E-state index contributed by atoms with van der Waals surface area (Å²) in [7, 11) is 7.99. The zero-order valence-electron chi connectivity index (χ0n) is 56.3. The van der Waals surface area contributed by atoms with Crippen LogP contribution in [-0.4, -0.2) is 39.6 Å². The highest BCUT2D eigenvalue weighted by molar-refractivity contribution is 6.17. The predicted molar refractivity (Wildman–Crippen MR) is 377 cm³/mol. The maximum Gasteiger partial charge on any atom is 0.334 e. The molecule has 0 radical (unpaired) electrons. The first-order valence-electron chi connectivity index (χ1n) is 32.4. The fourth-order valence-electron chi connectivity index (χ4n) is 13.4. The van der Waals surface area contributed by atoms with Crippen LogP contribution in [0.25, 0.3) is 173 Å². The molecule has 0 unspecified atom stereocenters. The number of benzene rings is 4. The summed E-state index contributed by atoms with van der Waals surface area (Å²) in [6.45, 7) is 16.1. The lowest BCUT2D eigenvalue weighted by molar-refractivity contribution is -0.744. The largest absolute Gasteiger partial charge is 0.452 e. The maximum absolute atomic E-state index is 6.28. The van der Waals surface area contributed by atoms with E-state index in [1.807, 2.05) is 186 Å². The number of pyridine rings is 4. The van der Waals surface area contributed by atoms with E-state index in [0.29, 0.717) is 22.9 Å². The summed E-state index contributed by atoms with van der Waals surface area (Å²) in [5.41, 5.74) is 25.1. The number of nitrogens with zero attached hydrogens (tertiary/aromatic N) is 12. The van der Waals surface area contributed by atoms with E-state index in [0.717, 1.165) is 195 Å². The van der Waals surface area contributed by atoms with Crippen LogP contribution in [0.4, 0.5) is 0 Å². The Balaban J connectivity index is 0.0000000990. The SMILES string of the molecule is Cc1ccc2c(n1)oc1c3cc(C)c(-c4cncc[n+]4C)cc3oc21.Cc1ccc2c(n1)oc1c3cc(C)c(-c4nccc[n+]4C)cc3oc21.Cc1ccc2c(n1)oc1c3ccc(C)c(-c4nccc[n+]4C)c3oc21.Cc1ccc2c(n1)oc1c3ccc(C)c(-n4ccc[n+]4C)c3oc21. The molecule has 0 atom stereocenters. The highest BCUT2D eigenvalue weighted by Crippen LogP contribution is 2.44. The van der Waals surface area contributed by atoms with E-state index in [1.165, 1.54) is 0 Å². The second-order valence-corrected chi connectivity index (χ2v) is 25.3. The van der Waals surface area contributed by atoms with E-state index in [4.69, 9.17) is 35.3 Å². The molecule has 0 saturated heterocycles. The third-order valence-corrected chi connectivity index (χ3v) is 18.4. The standard InChI is InChI=1S/3C20H16N3O2.C19H16N3O2/c1-11-5-7-13-16(15(11)19-21-9-4-10-23(19)3)24-18-14-8-6-12(2)22-20(14)25-17(13)18;1-11-9-15-16(10-14(11)19-21-7-4-8-23(19)3)24-17-13-6-5-12(2)22-20(13)25-18(15)17;1-11-8-15-17(9-14(11)16-10-21-6-7-23(16)3)24-18-13-5-4-12(2)22-20(13)25-19(15)18;1-11-5-7-13-16(15(11)22-10-4-9-21(22)3)23-18-14-8-6-12(2)20-19(14)24-17(13)18/h3*4-10H,1-3H3;4-10H,1-3H3/q4*+1. The van der Waals surface area contributed by atoms with Gasteiger partial charge in [0.15, 0.2) is 81.0 Å². The molecule has 0 bridgehead atoms. The lowest BCUT2D eigenvalue weighted by Crippen LogP contribution is -2.37. The molecule has 0 N–H and O–H groups in total. The molecule has 484 valence electrons. The van der Waals surface area contributed by atoms with Gasteiger partial charge in [0, 0.05) is 41.0 Å². The molecule has 99 heavy (non-hydrogen) atoms. The average molecular weight is 1310 g/mol. The van der Waals surface area contributed by atoms with Gasteiger partial charge in [-0.05, 0) is 173 Å². The molecule has 20 aromatic rings. The minimum absolute atomic E-state index is 0.612. The average Bonchev–Trinajstić information content (AvgIpc) is 1.60. The van der Waals surface area contributed by atoms with Crippen LogP contribution in [0.15, 0.2) is 206 Å². The first-order chi connectivity index (χ1) is 48.0. The number of fused-ring (bicyclic) bond motifs is 20. The highest BCUT2D eigenvalue weighted by Gasteiger charge is 2.28. The minimum Gasteiger partial charge on any atom is -0.452 e. The van der Waals surface area contributed by atoms with Crippen molar-refractivity contribution in [2.75, 3.05) is 0 Å². The quantitative estimate of drug-likeness (QED) is 0.150. The van der Waals surface area contributed by atoms with Crippen LogP contribution in [0.3, 0.4) is 0 Å². The van der Waals surface area contributed by atoms with Crippen molar-refractivity contribution in [1.29, 1.82) is 0 Å². The summed E-state index contributed by atoms with van der Waals surface area (Å²) >= 11 is 0. The summed E-state index contributed by atoms with van der Waals surface area (Å²) in [5.74, 6) is 1.76. The predicted octanol–water partition coefficient (Wildman–Crippen LogP) is 16.7. The second-order valence-electron chi connectivity index (χ2n) is 25.3. The first kappa shape index (κ1) is 60.0. The summed E-state index contributed by atoms with van der Waals surface area (Å²) in [4.78, 5) is 31.1. The summed E-state index contributed by atoms with van der Waals surface area (Å²) in [6.07, 6.45) is 17.2. The molecule has 0 aliphatic rings. The Bertz CT molecular complexity index is 6480. The number of furan rings is 8. The Hall–Kier alpha value is -12.7. The van der Waals surface area contributed by atoms with Crippen molar-refractivity contribution in [2.24, 2.45) is 28.2 Å². The van der Waals surface area contributed by atoms with Gasteiger partial charge in [-0.25, -0.2) is 29.1 Å². The molecular formula is C79H64N12O8+4. The van der Waals surface area contributed by atoms with Crippen molar-refractivity contribution in [3.63, 3.8) is 0 Å². The highest BCUT2D eigenvalue weighted by atomic mass is 16.4. The third-order valence-electron chi connectivity index (χ3n) is 18.4. The van der Waals surface area contributed by atoms with Crippen molar-refractivity contribution in [3.8, 4) is 39.7 Å². The molecule has 0 saturated carbocycles. The number of aromatic nitrogens is 12. The van der Waals surface area contributed by atoms with Crippen molar-refractivity contribution in [1.82, 2.24) is 39.6 Å². The van der Waals surface area contributed by atoms with E-state index < -0.39 is 0 Å². The molecule has 20 rings (SSSR count). The van der Waals surface area contributed by atoms with Crippen LogP contribution in [0.2, 0.25) is 0 Å². The van der Waals surface area contributed by atoms with Crippen LogP contribution in [0, 0.1) is 55.4 Å². The zero-order chi connectivity index (χ0) is 67.8. The van der Waals surface area contributed by atoms with Crippen LogP contribution < -0.4 is 18.4 Å². The van der Waals surface area contributed by atoms with Crippen LogP contribution in [0.1, 0.15) is 45.0 Å². The van der Waals surface area contributed by atoms with Crippen molar-refractivity contribution < 1.29 is 53.7 Å². The van der Waals surface area contributed by atoms with E-state index in [9.17, 15) is 0 Å². The van der Waals surface area contributed by atoms with E-state index >= 15 is 0 Å². The van der Waals surface area contributed by atoms with Crippen LogP contribution in [-0.2, 0) is 28.2 Å². The van der Waals surface area contributed by atoms with Gasteiger partial charge in [0.2, 0.25) is 28.5 Å². The van der Waals surface area contributed by atoms with E-state index in [1.54, 1.807) is 18.6 Å². The van der Waals surface area contributed by atoms with Crippen LogP contribution >= 0.6 is 0 Å². The van der Waals surface area contributed by atoms with Gasteiger partial charge in [0.05, 0.1) is 99.3 Å². The van der Waals surface area contributed by atoms with Gasteiger partial charge in [-0.15, -0.1) is 9.36 Å². The zero-order valence-corrected chi connectivity index (χ0v) is 56.3. The molecule has 0 aliphatic heterocycles. The Morgan fingerprint density at radius 1 is 0.343 bits per heavy atom. The molecule has 4 aromatic carbocycles. The Kier molecular flexibility index (Phi) is 13.9. The number of hydrogen-bond donors (Lipinski definition) is 0. The molecular weight excluding hydrogens is 1240 g/mol. The molecule has 16 heterocycles. The summed E-state index contributed by atoms with van der Waals surface area (Å²) in [5, 5.41) is 7.45. The molecule has 20 heteroatoms. The first-order valence-corrected chi connectivity index (χ1v) is 32.4. The van der Waals surface area contributed by atoms with Gasteiger partial charge in [0.25, 0.3) is 0 Å². The summed E-state index contributed by atoms with van der Waals surface area (Å²) < 4.78 is 59.0. The van der Waals surface area contributed by atoms with Crippen LogP contribution in [0.5, 0.6) is 0 Å². The minimum atomic E-state index is 0.612. The fourth-order valence-corrected chi connectivity index (χ4v) is 13.4. The van der Waals surface area contributed by atoms with Gasteiger partial charge < -0.3 is 35.3 Å². The Morgan fingerprint density at radius 2 is 0.778 bits per heavy atom. The molecule has 20 nitrogen and oxygen atoms in total. The number of rotatable bonds is 4. The molecule has 0 spiro atoms. The van der Waals surface area contributed by atoms with Crippen molar-refractivity contribution in [3.05, 3.63) is 216 Å². The van der Waals surface area contributed by atoms with E-state index in [2.05, 4.69) is 108 Å². The Labute approximate surface area is 562 Å². The normalized spacial score (nSPS) is 11.8.